The molecule has 0 saturated carbocycles. The first kappa shape index (κ1) is 15.9. The number of nitrogens with one attached hydrogen (secondary N) is 2. The Kier molecular flexibility index (Phi) is 3.89. The Labute approximate surface area is 149 Å². The number of rotatable bonds is 4. The van der Waals surface area contributed by atoms with Crippen molar-refractivity contribution in [2.75, 3.05) is 0 Å². The smallest absolute Gasteiger partial charge is 0.173 e. The molecule has 0 fully saturated rings. The standard InChI is InChI=1S/C21H16N4O/c22-21(24-23)16-9-10-20-18(11-16)17-3-1-2-4-19(17)25(20)12-14-5-7-15(13-26)8-6-14/h1-11,13,22-23H,12H2. The molecule has 0 spiro atoms. The van der Waals surface area contributed by atoms with Crippen LogP contribution in [0.1, 0.15) is 21.5 Å². The van der Waals surface area contributed by atoms with E-state index in [0.29, 0.717) is 17.7 Å². The molecule has 1 aromatic heterocycles. The van der Waals surface area contributed by atoms with Crippen molar-refractivity contribution in [3.8, 4) is 0 Å². The van der Waals surface area contributed by atoms with Crippen LogP contribution >= 0.6 is 0 Å². The molecule has 126 valence electrons. The minimum Gasteiger partial charge on any atom is -0.336 e. The number of carbonyl (C=O) groups is 1. The number of hydrogen-bond donors (Lipinski definition) is 2. The fourth-order valence-electron chi connectivity index (χ4n) is 3.32. The number of aldehydes is 1. The van der Waals surface area contributed by atoms with Crippen LogP contribution in [0.3, 0.4) is 0 Å². The highest BCUT2D eigenvalue weighted by atomic mass is 16.1. The van der Waals surface area contributed by atoms with Crippen molar-refractivity contribution in [3.63, 3.8) is 0 Å². The molecule has 26 heavy (non-hydrogen) atoms. The van der Waals surface area contributed by atoms with Crippen LogP contribution in [0.4, 0.5) is 0 Å². The lowest BCUT2D eigenvalue weighted by molar-refractivity contribution is 0.112. The summed E-state index contributed by atoms with van der Waals surface area (Å²) in [6.07, 6.45) is 0.845. The van der Waals surface area contributed by atoms with Crippen LogP contribution in [0.2, 0.25) is 0 Å². The van der Waals surface area contributed by atoms with Gasteiger partial charge in [-0.1, -0.05) is 42.5 Å². The molecule has 4 rings (SSSR count). The maximum Gasteiger partial charge on any atom is 0.173 e. The monoisotopic (exact) mass is 340 g/mol. The summed E-state index contributed by atoms with van der Waals surface area (Å²) in [5, 5.41) is 13.2. The molecule has 0 bridgehead atoms. The topological polar surface area (TPSA) is 82.1 Å². The first-order chi connectivity index (χ1) is 12.7. The van der Waals surface area contributed by atoms with Crippen LogP contribution in [0.15, 0.2) is 71.8 Å². The molecule has 1 heterocycles. The Bertz CT molecular complexity index is 1160. The zero-order valence-electron chi connectivity index (χ0n) is 13.9. The number of benzene rings is 3. The molecule has 0 aliphatic rings. The molecule has 5 heteroatoms. The Morgan fingerprint density at radius 1 is 0.962 bits per heavy atom. The highest BCUT2D eigenvalue weighted by Gasteiger charge is 2.12. The third-order valence-corrected chi connectivity index (χ3v) is 4.61. The number of nitrogens with zero attached hydrogens (tertiary/aromatic N) is 2. The van der Waals surface area contributed by atoms with Gasteiger partial charge in [-0.05, 0) is 29.8 Å². The van der Waals surface area contributed by atoms with Gasteiger partial charge in [0, 0.05) is 39.5 Å². The molecule has 0 aliphatic heterocycles. The first-order valence-corrected chi connectivity index (χ1v) is 8.23. The van der Waals surface area contributed by atoms with E-state index < -0.39 is 0 Å². The van der Waals surface area contributed by atoms with Gasteiger partial charge in [-0.25, -0.2) is 5.53 Å². The maximum absolute atomic E-state index is 10.9. The van der Waals surface area contributed by atoms with Gasteiger partial charge in [0.05, 0.1) is 0 Å². The predicted molar refractivity (Wildman–Crippen MR) is 102 cm³/mol. The summed E-state index contributed by atoms with van der Waals surface area (Å²) in [6, 6.07) is 21.5. The highest BCUT2D eigenvalue weighted by molar-refractivity contribution is 6.11. The summed E-state index contributed by atoms with van der Waals surface area (Å²) < 4.78 is 2.23. The summed E-state index contributed by atoms with van der Waals surface area (Å²) in [5.41, 5.74) is 11.6. The van der Waals surface area contributed by atoms with Crippen molar-refractivity contribution in [3.05, 3.63) is 83.4 Å². The van der Waals surface area contributed by atoms with E-state index in [-0.39, 0.29) is 5.84 Å². The Hall–Kier alpha value is -3.60. The number of carbonyl (C=O) groups excluding carboxylic acids is 1. The lowest BCUT2D eigenvalue weighted by atomic mass is 10.1. The summed E-state index contributed by atoms with van der Waals surface area (Å²) in [7, 11) is 0. The Morgan fingerprint density at radius 2 is 1.69 bits per heavy atom. The van der Waals surface area contributed by atoms with Gasteiger partial charge in [0.25, 0.3) is 0 Å². The zero-order valence-corrected chi connectivity index (χ0v) is 13.9. The third-order valence-electron chi connectivity index (χ3n) is 4.61. The minimum atomic E-state index is -0.0480. The maximum atomic E-state index is 10.9. The number of hydrogen-bond acceptors (Lipinski definition) is 3. The van der Waals surface area contributed by atoms with Crippen molar-refractivity contribution in [2.45, 2.75) is 6.54 Å². The predicted octanol–water partition coefficient (Wildman–Crippen LogP) is 5.01. The van der Waals surface area contributed by atoms with E-state index in [1.165, 1.54) is 0 Å². The van der Waals surface area contributed by atoms with E-state index in [1.54, 1.807) is 0 Å². The van der Waals surface area contributed by atoms with Gasteiger partial charge in [0.1, 0.15) is 6.29 Å². The minimum absolute atomic E-state index is 0.0480. The molecule has 0 aliphatic carbocycles. The van der Waals surface area contributed by atoms with Gasteiger partial charge in [0.2, 0.25) is 0 Å². The summed E-state index contributed by atoms with van der Waals surface area (Å²) in [4.78, 5) is 10.9. The highest BCUT2D eigenvalue weighted by Crippen LogP contribution is 2.30. The van der Waals surface area contributed by atoms with Crippen molar-refractivity contribution in [2.24, 2.45) is 5.11 Å². The molecule has 3 aromatic carbocycles. The fourth-order valence-corrected chi connectivity index (χ4v) is 3.32. The quantitative estimate of drug-likeness (QED) is 0.233. The van der Waals surface area contributed by atoms with E-state index in [4.69, 9.17) is 10.9 Å². The van der Waals surface area contributed by atoms with Crippen molar-refractivity contribution < 1.29 is 4.79 Å². The largest absolute Gasteiger partial charge is 0.336 e. The Morgan fingerprint density at radius 3 is 2.42 bits per heavy atom. The van der Waals surface area contributed by atoms with Gasteiger partial charge in [-0.2, -0.15) is 0 Å². The normalized spacial score (nSPS) is 10.9. The van der Waals surface area contributed by atoms with Crippen LogP contribution in [-0.2, 0) is 6.54 Å². The second kappa shape index (κ2) is 6.37. The van der Waals surface area contributed by atoms with E-state index >= 15 is 0 Å². The van der Waals surface area contributed by atoms with Crippen LogP contribution in [0, 0.1) is 10.9 Å². The molecule has 5 nitrogen and oxygen atoms in total. The first-order valence-electron chi connectivity index (χ1n) is 8.23. The molecule has 0 amide bonds. The molecule has 4 aromatic rings. The van der Waals surface area contributed by atoms with E-state index in [2.05, 4.69) is 21.8 Å². The summed E-state index contributed by atoms with van der Waals surface area (Å²) >= 11 is 0. The second-order valence-electron chi connectivity index (χ2n) is 6.16. The molecular weight excluding hydrogens is 324 g/mol. The average Bonchev–Trinajstić information content (AvgIpc) is 3.01. The average molecular weight is 340 g/mol. The van der Waals surface area contributed by atoms with Gasteiger partial charge in [0.15, 0.2) is 5.84 Å². The van der Waals surface area contributed by atoms with Crippen LogP contribution in [0.5, 0.6) is 0 Å². The SMILES string of the molecule is N=NC(=N)c1ccc2c(c1)c1ccccc1n2Cc1ccc(C=O)cc1. The van der Waals surface area contributed by atoms with Gasteiger partial charge in [-0.3, -0.25) is 10.2 Å². The summed E-state index contributed by atoms with van der Waals surface area (Å²) in [5.74, 6) is -0.0480. The van der Waals surface area contributed by atoms with E-state index in [0.717, 1.165) is 33.7 Å². The van der Waals surface area contributed by atoms with Crippen LogP contribution in [-0.4, -0.2) is 16.7 Å². The molecule has 0 unspecified atom stereocenters. The lowest BCUT2D eigenvalue weighted by Gasteiger charge is -2.08. The molecular formula is C21H16N4O. The molecule has 0 radical (unpaired) electrons. The number of para-hydroxylation sites is 1. The second-order valence-corrected chi connectivity index (χ2v) is 6.16. The van der Waals surface area contributed by atoms with Gasteiger partial charge >= 0.3 is 0 Å². The summed E-state index contributed by atoms with van der Waals surface area (Å²) in [6.45, 7) is 0.683. The van der Waals surface area contributed by atoms with Crippen molar-refractivity contribution in [1.82, 2.24) is 4.57 Å². The third kappa shape index (κ3) is 2.59. The van der Waals surface area contributed by atoms with Gasteiger partial charge < -0.3 is 4.57 Å². The van der Waals surface area contributed by atoms with Crippen molar-refractivity contribution >= 4 is 33.9 Å². The van der Waals surface area contributed by atoms with E-state index in [9.17, 15) is 4.79 Å². The zero-order chi connectivity index (χ0) is 18.1. The molecule has 0 saturated heterocycles. The van der Waals surface area contributed by atoms with Crippen molar-refractivity contribution in [1.29, 1.82) is 10.9 Å². The number of fused-ring (bicyclic) bond motifs is 3. The fraction of sp³-hybridized carbons (Fsp3) is 0.0476. The molecule has 0 atom stereocenters. The van der Waals surface area contributed by atoms with Gasteiger partial charge in [-0.15, -0.1) is 5.11 Å². The lowest BCUT2D eigenvalue weighted by Crippen LogP contribution is -2.00. The van der Waals surface area contributed by atoms with Crippen LogP contribution in [0.25, 0.3) is 21.8 Å². The number of aromatic nitrogens is 1. The Balaban J connectivity index is 1.90. The molecule has 2 N–H and O–H groups in total. The van der Waals surface area contributed by atoms with Crippen LogP contribution < -0.4 is 0 Å². The number of amidine groups is 1. The van der Waals surface area contributed by atoms with E-state index in [1.807, 2.05) is 54.6 Å².